The summed E-state index contributed by atoms with van der Waals surface area (Å²) in [6, 6.07) is 0. The van der Waals surface area contributed by atoms with Gasteiger partial charge in [-0.2, -0.15) is 5.01 Å². The molecule has 0 spiro atoms. The standard InChI is InChI=1S/C11H25N3OS/c1-11(2,3)10-13-6-8-14(9-7-13)12-16(4,5)15/h6-10H2,1-5H3. The average Bonchev–Trinajstić information content (AvgIpc) is 2.03. The van der Waals surface area contributed by atoms with Crippen molar-refractivity contribution in [3.8, 4) is 0 Å². The summed E-state index contributed by atoms with van der Waals surface area (Å²) in [5, 5.41) is 1.96. The SMILES string of the molecule is CC(C)(C)CN1CCN(N=S(C)(C)=O)CC1. The Kier molecular flexibility index (Phi) is 4.37. The molecule has 0 aromatic rings. The molecule has 0 bridgehead atoms. The first-order valence-electron chi connectivity index (χ1n) is 5.80. The van der Waals surface area contributed by atoms with Gasteiger partial charge >= 0.3 is 0 Å². The molecule has 5 heteroatoms. The van der Waals surface area contributed by atoms with Crippen molar-refractivity contribution >= 4 is 9.73 Å². The van der Waals surface area contributed by atoms with Crippen LogP contribution in [-0.2, 0) is 9.73 Å². The molecule has 0 N–H and O–H groups in total. The molecule has 16 heavy (non-hydrogen) atoms. The van der Waals surface area contributed by atoms with Crippen LogP contribution in [0.25, 0.3) is 0 Å². The molecule has 1 aliphatic heterocycles. The maximum Gasteiger partial charge on any atom is 0.0581 e. The van der Waals surface area contributed by atoms with Gasteiger partial charge in [-0.1, -0.05) is 20.8 Å². The summed E-state index contributed by atoms with van der Waals surface area (Å²) < 4.78 is 15.8. The lowest BCUT2D eigenvalue weighted by molar-refractivity contribution is 0.106. The maximum atomic E-state index is 11.5. The third kappa shape index (κ3) is 5.82. The lowest BCUT2D eigenvalue weighted by Crippen LogP contribution is -2.47. The third-order valence-electron chi connectivity index (χ3n) is 2.36. The first kappa shape index (κ1) is 13.9. The highest BCUT2D eigenvalue weighted by Gasteiger charge is 2.21. The molecule has 4 nitrogen and oxygen atoms in total. The van der Waals surface area contributed by atoms with E-state index in [1.54, 1.807) is 12.5 Å². The van der Waals surface area contributed by atoms with Gasteiger partial charge in [0.15, 0.2) is 0 Å². The van der Waals surface area contributed by atoms with E-state index in [0.717, 1.165) is 32.7 Å². The summed E-state index contributed by atoms with van der Waals surface area (Å²) in [6.07, 6.45) is 3.38. The molecular weight excluding hydrogens is 222 g/mol. The van der Waals surface area contributed by atoms with Gasteiger partial charge in [-0.05, 0) is 5.41 Å². The summed E-state index contributed by atoms with van der Waals surface area (Å²) in [6.45, 7) is 11.7. The van der Waals surface area contributed by atoms with Crippen LogP contribution in [0.2, 0.25) is 0 Å². The minimum Gasteiger partial charge on any atom is -0.300 e. The Morgan fingerprint density at radius 1 is 1.12 bits per heavy atom. The van der Waals surface area contributed by atoms with E-state index in [1.165, 1.54) is 0 Å². The van der Waals surface area contributed by atoms with E-state index in [0.29, 0.717) is 5.41 Å². The molecule has 96 valence electrons. The monoisotopic (exact) mass is 247 g/mol. The highest BCUT2D eigenvalue weighted by atomic mass is 32.2. The van der Waals surface area contributed by atoms with Gasteiger partial charge in [0.2, 0.25) is 0 Å². The summed E-state index contributed by atoms with van der Waals surface area (Å²) in [7, 11) is -1.99. The summed E-state index contributed by atoms with van der Waals surface area (Å²) in [4.78, 5) is 2.46. The van der Waals surface area contributed by atoms with Crippen molar-refractivity contribution in [3.05, 3.63) is 0 Å². The predicted molar refractivity (Wildman–Crippen MR) is 69.9 cm³/mol. The molecule has 0 aromatic carbocycles. The van der Waals surface area contributed by atoms with Crippen LogP contribution in [0, 0.1) is 5.41 Å². The summed E-state index contributed by atoms with van der Waals surface area (Å²) in [5.41, 5.74) is 0.350. The Morgan fingerprint density at radius 2 is 1.62 bits per heavy atom. The van der Waals surface area contributed by atoms with Crippen molar-refractivity contribution in [2.24, 2.45) is 9.89 Å². The maximum absolute atomic E-state index is 11.5. The smallest absolute Gasteiger partial charge is 0.0581 e. The number of hydrogen-bond acceptors (Lipinski definition) is 3. The first-order chi connectivity index (χ1) is 7.16. The van der Waals surface area contributed by atoms with Crippen molar-refractivity contribution in [1.29, 1.82) is 0 Å². The number of piperazine rings is 1. The quantitative estimate of drug-likeness (QED) is 0.738. The number of hydrogen-bond donors (Lipinski definition) is 0. The van der Waals surface area contributed by atoms with Crippen molar-refractivity contribution in [3.63, 3.8) is 0 Å². The highest BCUT2D eigenvalue weighted by molar-refractivity contribution is 7.92. The summed E-state index contributed by atoms with van der Waals surface area (Å²) in [5.74, 6) is 0. The molecule has 1 heterocycles. The molecule has 0 atom stereocenters. The van der Waals surface area contributed by atoms with Gasteiger partial charge in [-0.25, -0.2) is 4.21 Å². The van der Waals surface area contributed by atoms with Crippen LogP contribution < -0.4 is 0 Å². The normalized spacial score (nSPS) is 21.1. The zero-order valence-electron chi connectivity index (χ0n) is 11.2. The van der Waals surface area contributed by atoms with Crippen LogP contribution in [-0.4, -0.2) is 59.4 Å². The Bertz CT molecular complexity index is 324. The van der Waals surface area contributed by atoms with Crippen molar-refractivity contribution in [2.75, 3.05) is 45.2 Å². The second kappa shape index (κ2) is 5.02. The lowest BCUT2D eigenvalue weighted by Gasteiger charge is -2.35. The molecule has 1 rings (SSSR count). The molecule has 0 aliphatic carbocycles. The van der Waals surface area contributed by atoms with Gasteiger partial charge in [0.05, 0.1) is 9.73 Å². The van der Waals surface area contributed by atoms with E-state index in [1.807, 2.05) is 5.01 Å². The topological polar surface area (TPSA) is 35.9 Å². The van der Waals surface area contributed by atoms with Crippen LogP contribution in [0.1, 0.15) is 20.8 Å². The molecule has 1 saturated heterocycles. The molecule has 0 aromatic heterocycles. The van der Waals surface area contributed by atoms with Crippen LogP contribution >= 0.6 is 0 Å². The Hall–Kier alpha value is -0.130. The molecule has 0 saturated carbocycles. The lowest BCUT2D eigenvalue weighted by atomic mass is 9.96. The largest absolute Gasteiger partial charge is 0.300 e. The first-order valence-corrected chi connectivity index (χ1v) is 8.13. The minimum absolute atomic E-state index is 0.350. The van der Waals surface area contributed by atoms with E-state index < -0.39 is 9.73 Å². The van der Waals surface area contributed by atoms with E-state index >= 15 is 0 Å². The molecule has 1 aliphatic rings. The molecular formula is C11H25N3OS. The van der Waals surface area contributed by atoms with Crippen LogP contribution in [0.4, 0.5) is 0 Å². The second-order valence-electron chi connectivity index (χ2n) is 6.05. The van der Waals surface area contributed by atoms with Crippen LogP contribution in [0.5, 0.6) is 0 Å². The average molecular weight is 247 g/mol. The van der Waals surface area contributed by atoms with Crippen LogP contribution in [0.3, 0.4) is 0 Å². The number of nitrogens with zero attached hydrogens (tertiary/aromatic N) is 3. The fourth-order valence-corrected chi connectivity index (χ4v) is 2.65. The van der Waals surface area contributed by atoms with E-state index in [4.69, 9.17) is 0 Å². The van der Waals surface area contributed by atoms with E-state index in [9.17, 15) is 4.21 Å². The van der Waals surface area contributed by atoms with E-state index in [-0.39, 0.29) is 0 Å². The molecule has 0 amide bonds. The Balaban J connectivity index is 2.44. The molecule has 0 radical (unpaired) electrons. The Morgan fingerprint density at radius 3 is 2.00 bits per heavy atom. The van der Waals surface area contributed by atoms with Gasteiger partial charge in [-0.3, -0.25) is 0 Å². The second-order valence-corrected chi connectivity index (χ2v) is 8.58. The fourth-order valence-electron chi connectivity index (χ4n) is 1.93. The van der Waals surface area contributed by atoms with Gasteiger partial charge < -0.3 is 4.90 Å². The van der Waals surface area contributed by atoms with Gasteiger partial charge in [0.25, 0.3) is 0 Å². The van der Waals surface area contributed by atoms with E-state index in [2.05, 4.69) is 30.1 Å². The van der Waals surface area contributed by atoms with Gasteiger partial charge in [0.1, 0.15) is 0 Å². The van der Waals surface area contributed by atoms with Gasteiger partial charge in [-0.15, -0.1) is 4.47 Å². The Labute approximate surface area is 100 Å². The predicted octanol–water partition coefficient (Wildman–Crippen LogP) is 1.29. The molecule has 1 fully saturated rings. The fraction of sp³-hybridized carbons (Fsp3) is 1.00. The minimum atomic E-state index is -1.99. The van der Waals surface area contributed by atoms with Crippen molar-refractivity contribution < 1.29 is 4.21 Å². The van der Waals surface area contributed by atoms with Crippen molar-refractivity contribution in [1.82, 2.24) is 9.91 Å². The third-order valence-corrected chi connectivity index (χ3v) is 2.98. The zero-order valence-corrected chi connectivity index (χ0v) is 12.0. The zero-order chi connectivity index (χ0) is 12.4. The van der Waals surface area contributed by atoms with Crippen molar-refractivity contribution in [2.45, 2.75) is 20.8 Å². The number of rotatable bonds is 2. The van der Waals surface area contributed by atoms with Gasteiger partial charge in [0, 0.05) is 45.2 Å². The summed E-state index contributed by atoms with van der Waals surface area (Å²) >= 11 is 0. The molecule has 0 unspecified atom stereocenters. The highest BCUT2D eigenvalue weighted by Crippen LogP contribution is 2.16. The van der Waals surface area contributed by atoms with Crippen LogP contribution in [0.15, 0.2) is 4.47 Å².